The number of benzene rings is 2. The van der Waals surface area contributed by atoms with Crippen molar-refractivity contribution >= 4 is 56.4 Å². The quantitative estimate of drug-likeness (QED) is 0.502. The number of anilines is 1. The maximum atomic E-state index is 12.5. The summed E-state index contributed by atoms with van der Waals surface area (Å²) >= 11 is 18.0. The molecule has 0 fully saturated rings. The van der Waals surface area contributed by atoms with E-state index in [2.05, 4.69) is 5.32 Å². The first-order chi connectivity index (χ1) is 14.4. The van der Waals surface area contributed by atoms with Gasteiger partial charge >= 0.3 is 0 Å². The smallest absolute Gasteiger partial charge is 0.241 e. The lowest BCUT2D eigenvalue weighted by Gasteiger charge is -2.23. The number of nitrogens with one attached hydrogen (secondary N) is 1. The Bertz CT molecular complexity index is 1060. The van der Waals surface area contributed by atoms with E-state index >= 15 is 0 Å². The minimum atomic E-state index is -3.83. The van der Waals surface area contributed by atoms with Crippen LogP contribution in [0.25, 0.3) is 0 Å². The number of carbonyl (C=O) groups excluding carboxylic acids is 1. The van der Waals surface area contributed by atoms with Gasteiger partial charge in [-0.2, -0.15) is 0 Å². The Morgan fingerprint density at radius 1 is 1.06 bits per heavy atom. The molecule has 0 aromatic heterocycles. The maximum absolute atomic E-state index is 12.5. The molecule has 2 aromatic carbocycles. The van der Waals surface area contributed by atoms with E-state index in [1.807, 2.05) is 13.8 Å². The highest BCUT2D eigenvalue weighted by atomic mass is 35.5. The maximum Gasteiger partial charge on any atom is 0.241 e. The lowest BCUT2D eigenvalue weighted by Crippen LogP contribution is -2.40. The number of halogens is 3. The largest absolute Gasteiger partial charge is 0.493 e. The number of hydrogen-bond donors (Lipinski definition) is 1. The minimum absolute atomic E-state index is 0.0189. The molecule has 31 heavy (non-hydrogen) atoms. The van der Waals surface area contributed by atoms with Crippen LogP contribution in [0.15, 0.2) is 30.3 Å². The van der Waals surface area contributed by atoms with Crippen LogP contribution in [0.2, 0.25) is 15.1 Å². The van der Waals surface area contributed by atoms with E-state index in [0.29, 0.717) is 11.5 Å². The first-order valence-corrected chi connectivity index (χ1v) is 12.1. The molecule has 0 heterocycles. The van der Waals surface area contributed by atoms with Crippen LogP contribution >= 0.6 is 34.8 Å². The van der Waals surface area contributed by atoms with Gasteiger partial charge in [0.1, 0.15) is 6.54 Å². The molecule has 7 nitrogen and oxygen atoms in total. The van der Waals surface area contributed by atoms with Crippen LogP contribution in [0.1, 0.15) is 19.4 Å². The molecule has 0 aliphatic carbocycles. The molecular weight excluding hydrogens is 487 g/mol. The van der Waals surface area contributed by atoms with Gasteiger partial charge in [-0.3, -0.25) is 9.10 Å². The lowest BCUT2D eigenvalue weighted by atomic mass is 10.2. The van der Waals surface area contributed by atoms with Gasteiger partial charge in [-0.05, 0) is 43.7 Å². The zero-order valence-corrected chi connectivity index (χ0v) is 20.5. The van der Waals surface area contributed by atoms with E-state index in [0.717, 1.165) is 16.1 Å². The first kappa shape index (κ1) is 25.4. The Morgan fingerprint density at radius 2 is 1.71 bits per heavy atom. The van der Waals surface area contributed by atoms with Gasteiger partial charge in [-0.1, -0.05) is 40.9 Å². The summed E-state index contributed by atoms with van der Waals surface area (Å²) in [6, 6.07) is 7.90. The van der Waals surface area contributed by atoms with Gasteiger partial charge in [-0.25, -0.2) is 8.42 Å². The van der Waals surface area contributed by atoms with Crippen LogP contribution in [0, 0.1) is 0 Å². The summed E-state index contributed by atoms with van der Waals surface area (Å²) in [5.41, 5.74) is 0.811. The second-order valence-corrected chi connectivity index (χ2v) is 10.0. The summed E-state index contributed by atoms with van der Waals surface area (Å²) < 4.78 is 36.4. The van der Waals surface area contributed by atoms with E-state index in [9.17, 15) is 13.2 Å². The van der Waals surface area contributed by atoms with Crippen LogP contribution in [-0.2, 0) is 21.4 Å². The molecule has 0 saturated heterocycles. The molecular formula is C20H23Cl3N2O5S. The van der Waals surface area contributed by atoms with Crippen molar-refractivity contribution < 1.29 is 22.7 Å². The molecule has 1 N–H and O–H groups in total. The molecule has 0 atom stereocenters. The van der Waals surface area contributed by atoms with Gasteiger partial charge in [0.2, 0.25) is 15.9 Å². The molecule has 0 saturated carbocycles. The predicted molar refractivity (Wildman–Crippen MR) is 124 cm³/mol. The minimum Gasteiger partial charge on any atom is -0.493 e. The van der Waals surface area contributed by atoms with Crippen molar-refractivity contribution in [2.24, 2.45) is 0 Å². The van der Waals surface area contributed by atoms with E-state index in [1.165, 1.54) is 19.2 Å². The average Bonchev–Trinajstić information content (AvgIpc) is 2.67. The average molecular weight is 510 g/mol. The Labute approximate surface area is 197 Å². The summed E-state index contributed by atoms with van der Waals surface area (Å²) in [5, 5.41) is 3.03. The highest BCUT2D eigenvalue weighted by Gasteiger charge is 2.24. The normalized spacial score (nSPS) is 11.4. The number of ether oxygens (including phenoxy) is 2. The molecule has 11 heteroatoms. The van der Waals surface area contributed by atoms with Crippen molar-refractivity contribution in [3.63, 3.8) is 0 Å². The van der Waals surface area contributed by atoms with Crippen molar-refractivity contribution in [2.75, 3.05) is 24.2 Å². The summed E-state index contributed by atoms with van der Waals surface area (Å²) in [5.74, 6) is 0.583. The van der Waals surface area contributed by atoms with Gasteiger partial charge in [0.25, 0.3) is 0 Å². The SMILES string of the molecule is COc1cc(CNC(=O)CN(c2cc(Cl)c(Cl)cc2Cl)S(C)(=O)=O)ccc1OC(C)C. The van der Waals surface area contributed by atoms with Crippen molar-refractivity contribution in [1.82, 2.24) is 5.32 Å². The molecule has 0 unspecified atom stereocenters. The number of methoxy groups -OCH3 is 1. The van der Waals surface area contributed by atoms with Crippen molar-refractivity contribution in [3.05, 3.63) is 51.0 Å². The van der Waals surface area contributed by atoms with Crippen LogP contribution in [-0.4, -0.2) is 40.3 Å². The van der Waals surface area contributed by atoms with Crippen molar-refractivity contribution in [2.45, 2.75) is 26.5 Å². The fourth-order valence-electron chi connectivity index (χ4n) is 2.64. The number of carbonyl (C=O) groups is 1. The van der Waals surface area contributed by atoms with E-state index in [-0.39, 0.29) is 33.4 Å². The summed E-state index contributed by atoms with van der Waals surface area (Å²) in [7, 11) is -2.30. The van der Waals surface area contributed by atoms with Gasteiger partial charge in [0, 0.05) is 6.54 Å². The fourth-order valence-corrected chi connectivity index (χ4v) is 4.20. The van der Waals surface area contributed by atoms with Gasteiger partial charge in [0.15, 0.2) is 11.5 Å². The molecule has 0 aliphatic heterocycles. The Hall–Kier alpha value is -1.87. The third kappa shape index (κ3) is 7.07. The number of sulfonamides is 1. The number of nitrogens with zero attached hydrogens (tertiary/aromatic N) is 1. The summed E-state index contributed by atoms with van der Waals surface area (Å²) in [4.78, 5) is 12.5. The third-order valence-corrected chi connectivity index (χ3v) is 6.18. The first-order valence-electron chi connectivity index (χ1n) is 9.15. The molecule has 0 radical (unpaired) electrons. The molecule has 2 aromatic rings. The Balaban J connectivity index is 2.15. The molecule has 2 rings (SSSR count). The third-order valence-electron chi connectivity index (χ3n) is 4.03. The lowest BCUT2D eigenvalue weighted by molar-refractivity contribution is -0.119. The van der Waals surface area contributed by atoms with Crippen LogP contribution in [0.3, 0.4) is 0 Å². The van der Waals surface area contributed by atoms with E-state index in [1.54, 1.807) is 18.2 Å². The van der Waals surface area contributed by atoms with E-state index < -0.39 is 22.5 Å². The van der Waals surface area contributed by atoms with Crippen molar-refractivity contribution in [1.29, 1.82) is 0 Å². The molecule has 0 aliphatic rings. The zero-order chi connectivity index (χ0) is 23.3. The highest BCUT2D eigenvalue weighted by molar-refractivity contribution is 7.92. The van der Waals surface area contributed by atoms with Crippen LogP contribution in [0.5, 0.6) is 11.5 Å². The topological polar surface area (TPSA) is 84.9 Å². The fraction of sp³-hybridized carbons (Fsp3) is 0.350. The van der Waals surface area contributed by atoms with Crippen LogP contribution < -0.4 is 19.1 Å². The highest BCUT2D eigenvalue weighted by Crippen LogP contribution is 2.35. The van der Waals surface area contributed by atoms with Gasteiger partial charge < -0.3 is 14.8 Å². The molecule has 0 bridgehead atoms. The van der Waals surface area contributed by atoms with Crippen molar-refractivity contribution in [3.8, 4) is 11.5 Å². The predicted octanol–water partition coefficient (Wildman–Crippen LogP) is 4.53. The number of rotatable bonds is 9. The number of hydrogen-bond acceptors (Lipinski definition) is 5. The zero-order valence-electron chi connectivity index (χ0n) is 17.4. The summed E-state index contributed by atoms with van der Waals surface area (Å²) in [6.45, 7) is 3.48. The second-order valence-electron chi connectivity index (χ2n) is 6.92. The molecule has 0 spiro atoms. The van der Waals surface area contributed by atoms with Gasteiger partial charge in [-0.15, -0.1) is 0 Å². The molecule has 170 valence electrons. The van der Waals surface area contributed by atoms with Crippen LogP contribution in [0.4, 0.5) is 5.69 Å². The summed E-state index contributed by atoms with van der Waals surface area (Å²) in [6.07, 6.45) is 0.951. The number of amides is 1. The Kier molecular flexibility index (Phi) is 8.71. The monoisotopic (exact) mass is 508 g/mol. The standard InChI is InChI=1S/C20H23Cl3N2O5S/c1-12(2)30-18-6-5-13(7-19(18)29-3)10-24-20(26)11-25(31(4,27)28)17-9-15(22)14(21)8-16(17)23/h5-9,12H,10-11H2,1-4H3,(H,24,26). The second kappa shape index (κ2) is 10.6. The van der Waals surface area contributed by atoms with Gasteiger partial charge in [0.05, 0.1) is 40.2 Å². The van der Waals surface area contributed by atoms with E-state index in [4.69, 9.17) is 44.3 Å². The Morgan fingerprint density at radius 3 is 2.29 bits per heavy atom. The molecule has 1 amide bonds.